The van der Waals surface area contributed by atoms with Crippen molar-refractivity contribution < 1.29 is 0 Å². The van der Waals surface area contributed by atoms with Gasteiger partial charge in [0.25, 0.3) is 0 Å². The second-order valence-corrected chi connectivity index (χ2v) is 3.31. The smallest absolute Gasteiger partial charge is 0.117 e. The average molecular weight is 185 g/mol. The van der Waals surface area contributed by atoms with Gasteiger partial charge in [-0.05, 0) is 16.8 Å². The predicted octanol–water partition coefficient (Wildman–Crippen LogP) is 2.31. The quantitative estimate of drug-likeness (QED) is 0.546. The zero-order valence-electron chi connectivity index (χ0n) is 7.34. The van der Waals surface area contributed by atoms with Crippen LogP contribution in [0.5, 0.6) is 0 Å². The van der Waals surface area contributed by atoms with Crippen molar-refractivity contribution in [3.8, 4) is 11.3 Å². The fraction of sp³-hybridized carbons (Fsp3) is 0.100. The molecule has 0 amide bonds. The molecule has 4 nitrogen and oxygen atoms in total. The first kappa shape index (κ1) is 7.44. The monoisotopic (exact) mass is 185 g/mol. The lowest BCUT2D eigenvalue weighted by atomic mass is 10.1. The van der Waals surface area contributed by atoms with Crippen molar-refractivity contribution in [3.05, 3.63) is 41.2 Å². The third-order valence-electron chi connectivity index (χ3n) is 2.54. The Balaban J connectivity index is 2.36. The molecule has 0 spiro atoms. The number of nitrogens with zero attached hydrogens (tertiary/aromatic N) is 3. The van der Waals surface area contributed by atoms with Crippen LogP contribution in [0, 0.1) is 4.91 Å². The third-order valence-corrected chi connectivity index (χ3v) is 2.54. The zero-order chi connectivity index (χ0) is 9.54. The minimum Gasteiger partial charge on any atom is -0.326 e. The molecule has 0 saturated carbocycles. The van der Waals surface area contributed by atoms with Gasteiger partial charge in [0, 0.05) is 12.1 Å². The minimum atomic E-state index is 0.502. The average Bonchev–Trinajstić information content (AvgIpc) is 2.75. The van der Waals surface area contributed by atoms with Crippen LogP contribution in [0.15, 0.2) is 35.9 Å². The summed E-state index contributed by atoms with van der Waals surface area (Å²) in [6.07, 6.45) is 3.53. The summed E-state index contributed by atoms with van der Waals surface area (Å²) < 4.78 is 2.01. The highest BCUT2D eigenvalue weighted by atomic mass is 16.3. The van der Waals surface area contributed by atoms with Crippen molar-refractivity contribution in [3.63, 3.8) is 0 Å². The molecule has 0 aliphatic carbocycles. The summed E-state index contributed by atoms with van der Waals surface area (Å²) in [5, 5.41) is 3.03. The number of aromatic nitrogens is 2. The van der Waals surface area contributed by atoms with Crippen LogP contribution >= 0.6 is 0 Å². The van der Waals surface area contributed by atoms with Crippen LogP contribution in [0.4, 0.5) is 5.69 Å². The van der Waals surface area contributed by atoms with Crippen molar-refractivity contribution in [2.75, 3.05) is 0 Å². The SMILES string of the molecule is O=Nc1cccc2c1-c1cncn1C2. The van der Waals surface area contributed by atoms with Crippen LogP contribution in [0.1, 0.15) is 5.56 Å². The lowest BCUT2D eigenvalue weighted by molar-refractivity contribution is 0.840. The van der Waals surface area contributed by atoms with Crippen LogP contribution in [0.2, 0.25) is 0 Å². The molecule has 1 aromatic carbocycles. The second kappa shape index (κ2) is 2.51. The first-order chi connectivity index (χ1) is 6.90. The van der Waals surface area contributed by atoms with E-state index in [1.165, 1.54) is 0 Å². The summed E-state index contributed by atoms with van der Waals surface area (Å²) in [5.41, 5.74) is 3.55. The summed E-state index contributed by atoms with van der Waals surface area (Å²) in [4.78, 5) is 14.7. The Kier molecular flexibility index (Phi) is 1.33. The Morgan fingerprint density at radius 2 is 2.36 bits per heavy atom. The van der Waals surface area contributed by atoms with Crippen LogP contribution < -0.4 is 0 Å². The molecule has 0 bridgehead atoms. The molecule has 68 valence electrons. The standard InChI is InChI=1S/C10H7N3O/c14-12-8-3-1-2-7-5-13-6-11-4-9(13)10(7)8/h1-4,6H,5H2. The first-order valence-corrected chi connectivity index (χ1v) is 4.36. The fourth-order valence-electron chi connectivity index (χ4n) is 1.93. The molecule has 3 rings (SSSR count). The van der Waals surface area contributed by atoms with E-state index in [0.29, 0.717) is 5.69 Å². The maximum atomic E-state index is 10.6. The Bertz CT molecular complexity index is 516. The van der Waals surface area contributed by atoms with E-state index in [9.17, 15) is 4.91 Å². The van der Waals surface area contributed by atoms with E-state index in [1.54, 1.807) is 18.6 Å². The molecule has 0 atom stereocenters. The van der Waals surface area contributed by atoms with E-state index in [1.807, 2.05) is 16.7 Å². The van der Waals surface area contributed by atoms with E-state index >= 15 is 0 Å². The minimum absolute atomic E-state index is 0.502. The molecule has 0 saturated heterocycles. The molecule has 1 aromatic heterocycles. The molecule has 14 heavy (non-hydrogen) atoms. The molecule has 1 aliphatic rings. The molecule has 2 heterocycles. The number of benzene rings is 1. The van der Waals surface area contributed by atoms with Crippen LogP contribution in [0.25, 0.3) is 11.3 Å². The van der Waals surface area contributed by atoms with Gasteiger partial charge in [-0.1, -0.05) is 12.1 Å². The van der Waals surface area contributed by atoms with Crippen LogP contribution in [-0.4, -0.2) is 9.55 Å². The number of fused-ring (bicyclic) bond motifs is 3. The van der Waals surface area contributed by atoms with Gasteiger partial charge in [0.15, 0.2) is 0 Å². The molecule has 0 N–H and O–H groups in total. The van der Waals surface area contributed by atoms with Crippen molar-refractivity contribution in [1.29, 1.82) is 0 Å². The molecule has 1 aliphatic heterocycles. The molecular formula is C10H7N3O. The topological polar surface area (TPSA) is 47.2 Å². The Hall–Kier alpha value is -1.97. The van der Waals surface area contributed by atoms with Crippen molar-refractivity contribution in [1.82, 2.24) is 9.55 Å². The van der Waals surface area contributed by atoms with E-state index in [4.69, 9.17) is 0 Å². The number of hydrogen-bond donors (Lipinski definition) is 0. The van der Waals surface area contributed by atoms with Gasteiger partial charge in [-0.15, -0.1) is 4.91 Å². The molecular weight excluding hydrogens is 178 g/mol. The van der Waals surface area contributed by atoms with Gasteiger partial charge in [0.05, 0.1) is 18.2 Å². The van der Waals surface area contributed by atoms with Gasteiger partial charge in [-0.25, -0.2) is 4.98 Å². The number of rotatable bonds is 1. The van der Waals surface area contributed by atoms with Gasteiger partial charge in [0.2, 0.25) is 0 Å². The van der Waals surface area contributed by atoms with E-state index in [-0.39, 0.29) is 0 Å². The van der Waals surface area contributed by atoms with Crippen LogP contribution in [-0.2, 0) is 6.54 Å². The lowest BCUT2D eigenvalue weighted by Crippen LogP contribution is -1.88. The molecule has 2 aromatic rings. The Morgan fingerprint density at radius 3 is 3.21 bits per heavy atom. The van der Waals surface area contributed by atoms with Crippen molar-refractivity contribution >= 4 is 5.69 Å². The van der Waals surface area contributed by atoms with E-state index in [2.05, 4.69) is 10.2 Å². The summed E-state index contributed by atoms with van der Waals surface area (Å²) in [6, 6.07) is 5.60. The fourth-order valence-corrected chi connectivity index (χ4v) is 1.93. The number of nitroso groups, excluding NO2 is 1. The molecule has 0 unspecified atom stereocenters. The second-order valence-electron chi connectivity index (χ2n) is 3.31. The van der Waals surface area contributed by atoms with E-state index in [0.717, 1.165) is 23.4 Å². The van der Waals surface area contributed by atoms with Crippen molar-refractivity contribution in [2.24, 2.45) is 5.18 Å². The zero-order valence-corrected chi connectivity index (χ0v) is 7.34. The van der Waals surface area contributed by atoms with Gasteiger partial charge >= 0.3 is 0 Å². The highest BCUT2D eigenvalue weighted by Crippen LogP contribution is 2.38. The summed E-state index contributed by atoms with van der Waals surface area (Å²) in [6.45, 7) is 0.786. The summed E-state index contributed by atoms with van der Waals surface area (Å²) >= 11 is 0. The highest BCUT2D eigenvalue weighted by molar-refractivity contribution is 5.79. The van der Waals surface area contributed by atoms with Gasteiger partial charge < -0.3 is 4.57 Å². The van der Waals surface area contributed by atoms with E-state index < -0.39 is 0 Å². The Labute approximate surface area is 80.2 Å². The lowest BCUT2D eigenvalue weighted by Gasteiger charge is -1.98. The van der Waals surface area contributed by atoms with Crippen molar-refractivity contribution in [2.45, 2.75) is 6.54 Å². The highest BCUT2D eigenvalue weighted by Gasteiger charge is 2.21. The van der Waals surface area contributed by atoms with Crippen LogP contribution in [0.3, 0.4) is 0 Å². The van der Waals surface area contributed by atoms with Gasteiger partial charge in [0.1, 0.15) is 5.69 Å². The molecule has 0 fully saturated rings. The predicted molar refractivity (Wildman–Crippen MR) is 52.2 cm³/mol. The first-order valence-electron chi connectivity index (χ1n) is 4.36. The largest absolute Gasteiger partial charge is 0.326 e. The maximum Gasteiger partial charge on any atom is 0.117 e. The third kappa shape index (κ3) is 0.797. The maximum absolute atomic E-state index is 10.6. The number of hydrogen-bond acceptors (Lipinski definition) is 3. The Morgan fingerprint density at radius 1 is 1.43 bits per heavy atom. The van der Waals surface area contributed by atoms with Gasteiger partial charge in [-0.3, -0.25) is 0 Å². The van der Waals surface area contributed by atoms with Gasteiger partial charge in [-0.2, -0.15) is 0 Å². The normalized spacial score (nSPS) is 12.3. The summed E-state index contributed by atoms with van der Waals surface area (Å²) in [5.74, 6) is 0. The molecule has 0 radical (unpaired) electrons. The summed E-state index contributed by atoms with van der Waals surface area (Å²) in [7, 11) is 0. The molecule has 4 heteroatoms. The number of imidazole rings is 1.